The maximum Gasteiger partial charge on any atom is 0.258 e. The van der Waals surface area contributed by atoms with Crippen LogP contribution in [-0.2, 0) is 4.79 Å². The van der Waals surface area contributed by atoms with Gasteiger partial charge in [-0.05, 0) is 18.2 Å². The molecular formula is C17H21ClN4O4S. The van der Waals surface area contributed by atoms with Gasteiger partial charge in [-0.15, -0.1) is 22.8 Å². The van der Waals surface area contributed by atoms with Crippen LogP contribution < -0.4 is 20.1 Å². The van der Waals surface area contributed by atoms with Gasteiger partial charge in [0.2, 0.25) is 5.88 Å². The van der Waals surface area contributed by atoms with Crippen molar-refractivity contribution in [3.63, 3.8) is 0 Å². The van der Waals surface area contributed by atoms with E-state index in [-0.39, 0.29) is 25.0 Å². The van der Waals surface area contributed by atoms with Gasteiger partial charge in [-0.25, -0.2) is 0 Å². The third-order valence-corrected chi connectivity index (χ3v) is 3.80. The number of benzene rings is 1. The van der Waals surface area contributed by atoms with Gasteiger partial charge >= 0.3 is 0 Å². The molecule has 2 rings (SSSR count). The zero-order chi connectivity index (χ0) is 19.5. The first-order valence-corrected chi connectivity index (χ1v) is 9.05. The van der Waals surface area contributed by atoms with Crippen molar-refractivity contribution in [2.24, 2.45) is 0 Å². The fraction of sp³-hybridized carbons (Fsp3) is 0.353. The van der Waals surface area contributed by atoms with E-state index in [1.165, 1.54) is 0 Å². The minimum atomic E-state index is -0.700. The van der Waals surface area contributed by atoms with Crippen molar-refractivity contribution in [3.8, 4) is 11.6 Å². The standard InChI is InChI=1S/C17H21ClN4O4S/c18-13-3-1-2-4-14(13)25-10-12(23)9-19-7-8-20-15(24)11-26-16-5-6-17(27)22-21-16/h1-6,12,19,23H,7-11H2,(H,20,24)(H,22,27). The van der Waals surface area contributed by atoms with E-state index < -0.39 is 6.10 Å². The molecule has 1 heterocycles. The number of nitrogens with zero attached hydrogens (tertiary/aromatic N) is 2. The van der Waals surface area contributed by atoms with E-state index in [1.807, 2.05) is 0 Å². The Morgan fingerprint density at radius 3 is 2.74 bits per heavy atom. The van der Waals surface area contributed by atoms with Crippen molar-refractivity contribution in [2.45, 2.75) is 11.1 Å². The lowest BCUT2D eigenvalue weighted by Gasteiger charge is -2.14. The summed E-state index contributed by atoms with van der Waals surface area (Å²) in [6.45, 7) is 1.16. The molecule has 146 valence electrons. The number of aliphatic hydroxyl groups excluding tert-OH is 1. The Morgan fingerprint density at radius 1 is 1.19 bits per heavy atom. The summed E-state index contributed by atoms with van der Waals surface area (Å²) in [7, 11) is 0. The molecule has 2 aromatic rings. The Balaban J connectivity index is 1.51. The molecule has 1 amide bonds. The molecule has 0 aliphatic heterocycles. The number of nitrogens with one attached hydrogen (secondary N) is 2. The molecule has 0 aliphatic carbocycles. The fourth-order valence-electron chi connectivity index (χ4n) is 1.95. The molecule has 1 atom stereocenters. The molecule has 0 bridgehead atoms. The number of amides is 1. The Labute approximate surface area is 167 Å². The first-order chi connectivity index (χ1) is 13.0. The van der Waals surface area contributed by atoms with E-state index in [9.17, 15) is 9.90 Å². The van der Waals surface area contributed by atoms with Gasteiger partial charge in [-0.2, -0.15) is 0 Å². The molecule has 27 heavy (non-hydrogen) atoms. The summed E-state index contributed by atoms with van der Waals surface area (Å²) in [5.41, 5.74) is 0. The van der Waals surface area contributed by atoms with E-state index in [0.29, 0.717) is 35.4 Å². The van der Waals surface area contributed by atoms with Gasteiger partial charge in [0.15, 0.2) is 6.61 Å². The summed E-state index contributed by atoms with van der Waals surface area (Å²) in [6.07, 6.45) is -0.700. The SMILES string of the molecule is O=C(COc1ccc(S)nn1)NCCNCC(O)COc1ccccc1Cl. The first kappa shape index (κ1) is 21.2. The van der Waals surface area contributed by atoms with Crippen LogP contribution in [0, 0.1) is 0 Å². The molecule has 1 aromatic carbocycles. The van der Waals surface area contributed by atoms with Crippen molar-refractivity contribution >= 4 is 30.1 Å². The van der Waals surface area contributed by atoms with Gasteiger partial charge in [-0.3, -0.25) is 4.79 Å². The molecule has 10 heteroatoms. The molecule has 1 unspecified atom stereocenters. The zero-order valence-corrected chi connectivity index (χ0v) is 16.1. The van der Waals surface area contributed by atoms with Gasteiger partial charge in [0.25, 0.3) is 5.91 Å². The Morgan fingerprint density at radius 2 is 2.00 bits per heavy atom. The molecule has 3 N–H and O–H groups in total. The predicted octanol–water partition coefficient (Wildman–Crippen LogP) is 0.943. The minimum Gasteiger partial charge on any atom is -0.489 e. The van der Waals surface area contributed by atoms with Crippen LogP contribution in [0.1, 0.15) is 0 Å². The molecule has 8 nitrogen and oxygen atoms in total. The van der Waals surface area contributed by atoms with E-state index in [0.717, 1.165) is 0 Å². The zero-order valence-electron chi connectivity index (χ0n) is 14.5. The molecule has 0 aliphatic rings. The second-order valence-electron chi connectivity index (χ2n) is 5.47. The van der Waals surface area contributed by atoms with Gasteiger partial charge < -0.3 is 25.2 Å². The summed E-state index contributed by atoms with van der Waals surface area (Å²) >= 11 is 9.98. The molecule has 1 aromatic heterocycles. The van der Waals surface area contributed by atoms with Gasteiger partial charge in [0, 0.05) is 25.7 Å². The summed E-state index contributed by atoms with van der Waals surface area (Å²) in [6, 6.07) is 10.3. The third kappa shape index (κ3) is 8.44. The Bertz CT molecular complexity index is 720. The lowest BCUT2D eigenvalue weighted by atomic mass is 10.3. The molecule has 0 saturated carbocycles. The summed E-state index contributed by atoms with van der Waals surface area (Å²) in [4.78, 5) is 11.7. The maximum absolute atomic E-state index is 11.7. The monoisotopic (exact) mass is 412 g/mol. The highest BCUT2D eigenvalue weighted by atomic mass is 35.5. The average Bonchev–Trinajstić information content (AvgIpc) is 2.66. The van der Waals surface area contributed by atoms with E-state index in [4.69, 9.17) is 21.1 Å². The second kappa shape index (κ2) is 11.6. The van der Waals surface area contributed by atoms with Crippen molar-refractivity contribution in [1.29, 1.82) is 0 Å². The number of hydrogen-bond acceptors (Lipinski definition) is 8. The van der Waals surface area contributed by atoms with E-state index >= 15 is 0 Å². The molecule has 0 saturated heterocycles. The average molecular weight is 413 g/mol. The Kier molecular flexibility index (Phi) is 9.12. The number of thiol groups is 1. The second-order valence-corrected chi connectivity index (χ2v) is 6.33. The van der Waals surface area contributed by atoms with Crippen LogP contribution in [0.5, 0.6) is 11.6 Å². The number of aliphatic hydroxyl groups is 1. The number of carbonyl (C=O) groups excluding carboxylic acids is 1. The smallest absolute Gasteiger partial charge is 0.258 e. The normalized spacial score (nSPS) is 11.7. The first-order valence-electron chi connectivity index (χ1n) is 8.23. The number of halogens is 1. The summed E-state index contributed by atoms with van der Waals surface area (Å²) < 4.78 is 10.6. The topological polar surface area (TPSA) is 106 Å². The molecule has 0 radical (unpaired) electrons. The van der Waals surface area contributed by atoms with Crippen LogP contribution in [0.2, 0.25) is 5.02 Å². The highest BCUT2D eigenvalue weighted by Gasteiger charge is 2.07. The number of rotatable bonds is 11. The molecule has 0 spiro atoms. The predicted molar refractivity (Wildman–Crippen MR) is 104 cm³/mol. The number of carbonyl (C=O) groups is 1. The van der Waals surface area contributed by atoms with Crippen molar-refractivity contribution < 1.29 is 19.4 Å². The van der Waals surface area contributed by atoms with Crippen molar-refractivity contribution in [2.75, 3.05) is 32.8 Å². The van der Waals surface area contributed by atoms with Crippen LogP contribution in [-0.4, -0.2) is 60.2 Å². The van der Waals surface area contributed by atoms with Crippen LogP contribution in [0.3, 0.4) is 0 Å². The summed E-state index contributed by atoms with van der Waals surface area (Å²) in [5.74, 6) is 0.498. The third-order valence-electron chi connectivity index (χ3n) is 3.25. The largest absolute Gasteiger partial charge is 0.489 e. The number of para-hydroxylation sites is 1. The van der Waals surface area contributed by atoms with Crippen molar-refractivity contribution in [3.05, 3.63) is 41.4 Å². The van der Waals surface area contributed by atoms with Gasteiger partial charge in [0.1, 0.15) is 23.5 Å². The lowest BCUT2D eigenvalue weighted by molar-refractivity contribution is -0.123. The van der Waals surface area contributed by atoms with Crippen molar-refractivity contribution in [1.82, 2.24) is 20.8 Å². The fourth-order valence-corrected chi connectivity index (χ4v) is 2.26. The highest BCUT2D eigenvalue weighted by molar-refractivity contribution is 7.80. The van der Waals surface area contributed by atoms with E-state index in [1.54, 1.807) is 36.4 Å². The van der Waals surface area contributed by atoms with Crippen LogP contribution in [0.25, 0.3) is 0 Å². The minimum absolute atomic E-state index is 0.114. The maximum atomic E-state index is 11.7. The van der Waals surface area contributed by atoms with Crippen LogP contribution in [0.4, 0.5) is 0 Å². The van der Waals surface area contributed by atoms with Gasteiger partial charge in [0.05, 0.1) is 5.02 Å². The number of ether oxygens (including phenoxy) is 2. The van der Waals surface area contributed by atoms with Crippen LogP contribution >= 0.6 is 24.2 Å². The summed E-state index contributed by atoms with van der Waals surface area (Å²) in [5, 5.41) is 24.0. The molecular weight excluding hydrogens is 392 g/mol. The van der Waals surface area contributed by atoms with Crippen LogP contribution in [0.15, 0.2) is 41.4 Å². The number of hydrogen-bond donors (Lipinski definition) is 4. The Hall–Kier alpha value is -2.07. The van der Waals surface area contributed by atoms with Gasteiger partial charge in [-0.1, -0.05) is 23.7 Å². The quantitative estimate of drug-likeness (QED) is 0.321. The van der Waals surface area contributed by atoms with E-state index in [2.05, 4.69) is 33.5 Å². The highest BCUT2D eigenvalue weighted by Crippen LogP contribution is 2.22. The number of aromatic nitrogens is 2. The molecule has 0 fully saturated rings. The lowest BCUT2D eigenvalue weighted by Crippen LogP contribution is -2.38.